The van der Waals surface area contributed by atoms with Crippen LogP contribution in [-0.2, 0) is 67.2 Å². The number of benzene rings is 2. The van der Waals surface area contributed by atoms with Gasteiger partial charge in [-0.2, -0.15) is 0 Å². The van der Waals surface area contributed by atoms with Crippen molar-refractivity contribution in [3.63, 3.8) is 0 Å². The molecule has 10 atom stereocenters. The number of carbonyl (C=O) groups excluding carboxylic acids is 10. The van der Waals surface area contributed by atoms with Gasteiger partial charge in [-0.15, -0.1) is 23.5 Å². The van der Waals surface area contributed by atoms with E-state index in [1.54, 1.807) is 41.9 Å². The third-order valence-electron chi connectivity index (χ3n) is 15.8. The van der Waals surface area contributed by atoms with Gasteiger partial charge in [-0.05, 0) is 86.1 Å². The fourth-order valence-corrected chi connectivity index (χ4v) is 13.8. The SMILES string of the molecule is CC(C)C[C@H](NC(=O)[C@@H](CC(C)C)NC(=O)[C@H](Cc1ccc(O)cc1)NC(=O)[C@H](CO)NC(=O)[C@H](Cc1c[nH]c2ccccc12)NC(=O)[C@H](Cc1cnc[nH]1)NC(=O)[C@@H]1CCC(=O)N1)C(=O)N[C@@H](CCCN=C(N)N)C(=O)N1CCC[C@H]1C(=O)NCC1CSCS1. The van der Waals surface area contributed by atoms with Gasteiger partial charge in [0.2, 0.25) is 59.1 Å². The zero-order valence-electron chi connectivity index (χ0n) is 51.6. The Kier molecular flexibility index (Phi) is 26.3. The molecule has 3 saturated heterocycles. The summed E-state index contributed by atoms with van der Waals surface area (Å²) in [4.78, 5) is 157. The monoisotopic (exact) mass is 1300 g/mol. The van der Waals surface area contributed by atoms with Crippen molar-refractivity contribution >= 4 is 99.5 Å². The lowest BCUT2D eigenvalue weighted by Gasteiger charge is -2.31. The topological polar surface area (TPSA) is 432 Å². The molecule has 1 unspecified atom stereocenters. The van der Waals surface area contributed by atoms with Crippen LogP contribution < -0.4 is 59.3 Å². The number of rotatable bonds is 33. The second-order valence-electron chi connectivity index (χ2n) is 23.9. The Labute approximate surface area is 536 Å². The van der Waals surface area contributed by atoms with Crippen molar-refractivity contribution in [3.05, 3.63) is 84.1 Å². The van der Waals surface area contributed by atoms with E-state index in [1.165, 1.54) is 41.7 Å². The van der Waals surface area contributed by atoms with Gasteiger partial charge in [-0.1, -0.05) is 58.0 Å². The number of aromatic hydroxyl groups is 1. The fourth-order valence-electron chi connectivity index (χ4n) is 11.0. The molecule has 0 radical (unpaired) electrons. The number of hydrogen-bond acceptors (Lipinski definition) is 16. The predicted molar refractivity (Wildman–Crippen MR) is 343 cm³/mol. The first-order valence-electron chi connectivity index (χ1n) is 30.7. The summed E-state index contributed by atoms with van der Waals surface area (Å²) in [5.41, 5.74) is 13.4. The standard InChI is InChI=1S/C61H86N16O12S2/c1-33(2)21-44(53(82)70-43(11-7-19-65-61(62)63)60(89)77-20-8-12-50(77)59(88)67-28-39-30-90-32-91-39)71-54(83)45(22-34(3)4)72-55(84)46(23-35-13-15-38(79)16-14-35)73-58(87)49(29-78)76-56(85)47(24-36-26-66-41-10-6-5-9-40(36)41)74-57(86)48(25-37-27-64-31-68-37)75-52(81)42-17-18-51(80)69-42/h5-6,9-10,13-16,26-27,31,33-34,39,42-50,66,78-79H,7-8,11-12,17-25,28-30,32H2,1-4H3,(H,64,68)(H,67,88)(H,69,80)(H,70,82)(H,71,83)(H,72,84)(H,73,87)(H,74,86)(H,75,81)(H,76,85)(H4,62,63,65)/t39?,42-,43-,44-,45+,46-,47-,48-,49-,50-/m0/s1. The first kappa shape index (κ1) is 70.1. The summed E-state index contributed by atoms with van der Waals surface area (Å²) in [5, 5.41) is 47.5. The molecular weight excluding hydrogens is 1210 g/mol. The van der Waals surface area contributed by atoms with Gasteiger partial charge in [-0.3, -0.25) is 52.9 Å². The number of imidazole rings is 1. The molecule has 10 amide bonds. The Bertz CT molecular complexity index is 3190. The van der Waals surface area contributed by atoms with Crippen LogP contribution in [0.5, 0.6) is 5.75 Å². The summed E-state index contributed by atoms with van der Waals surface area (Å²) in [6.45, 7) is 7.20. The normalized spacial score (nSPS) is 18.6. The van der Waals surface area contributed by atoms with Crippen molar-refractivity contribution in [3.8, 4) is 5.75 Å². The molecule has 2 aromatic heterocycles. The van der Waals surface area contributed by atoms with E-state index in [1.807, 2.05) is 39.8 Å². The number of aliphatic hydroxyl groups excluding tert-OH is 1. The summed E-state index contributed by atoms with van der Waals surface area (Å²) < 4.78 is 0. The van der Waals surface area contributed by atoms with Crippen LogP contribution in [0.2, 0.25) is 0 Å². The maximum atomic E-state index is 14.8. The van der Waals surface area contributed by atoms with E-state index in [4.69, 9.17) is 11.5 Å². The average molecular weight is 1300 g/mol. The quantitative estimate of drug-likeness (QED) is 0.0160. The Morgan fingerprint density at radius 1 is 0.725 bits per heavy atom. The minimum Gasteiger partial charge on any atom is -0.508 e. The third-order valence-corrected chi connectivity index (χ3v) is 18.6. The summed E-state index contributed by atoms with van der Waals surface area (Å²) in [5.74, 6) is -6.57. The summed E-state index contributed by atoms with van der Waals surface area (Å²) in [7, 11) is 0. The lowest BCUT2D eigenvalue weighted by molar-refractivity contribution is -0.142. The highest BCUT2D eigenvalue weighted by atomic mass is 32.2. The number of phenols is 1. The van der Waals surface area contributed by atoms with Crippen LogP contribution in [0, 0.1) is 11.8 Å². The highest BCUT2D eigenvalue weighted by Crippen LogP contribution is 2.29. The number of likely N-dealkylation sites (tertiary alicyclic amines) is 1. The third kappa shape index (κ3) is 21.1. The van der Waals surface area contributed by atoms with E-state index < -0.39 is 108 Å². The van der Waals surface area contributed by atoms with Crippen molar-refractivity contribution in [1.29, 1.82) is 0 Å². The molecule has 0 saturated carbocycles. The van der Waals surface area contributed by atoms with Crippen LogP contribution in [0.4, 0.5) is 0 Å². The van der Waals surface area contributed by atoms with Gasteiger partial charge >= 0.3 is 0 Å². The van der Waals surface area contributed by atoms with Crippen molar-refractivity contribution in [2.75, 3.05) is 37.1 Å². The number of carbonyl (C=O) groups is 10. The number of nitrogens with two attached hydrogens (primary N) is 2. The molecular formula is C61H86N16O12S2. The van der Waals surface area contributed by atoms with Crippen molar-refractivity contribution in [2.24, 2.45) is 28.3 Å². The Morgan fingerprint density at radius 2 is 1.33 bits per heavy atom. The number of aromatic nitrogens is 3. The summed E-state index contributed by atoms with van der Waals surface area (Å²) in [6.07, 6.45) is 5.83. The second-order valence-corrected chi connectivity index (χ2v) is 26.6. The van der Waals surface area contributed by atoms with E-state index >= 15 is 0 Å². The average Bonchev–Trinajstić information content (AvgIpc) is 2.05. The molecule has 3 aliphatic heterocycles. The van der Waals surface area contributed by atoms with Gasteiger partial charge in [0, 0.05) is 90.4 Å². The van der Waals surface area contributed by atoms with Crippen molar-refractivity contribution in [1.82, 2.24) is 67.7 Å². The van der Waals surface area contributed by atoms with Crippen molar-refractivity contribution in [2.45, 2.75) is 158 Å². The summed E-state index contributed by atoms with van der Waals surface area (Å²) in [6, 6.07) is 1.59. The number of aromatic amines is 2. The molecule has 494 valence electrons. The van der Waals surface area contributed by atoms with E-state index in [-0.39, 0.29) is 111 Å². The minimum atomic E-state index is -1.75. The number of hydrogen-bond donors (Lipinski definition) is 15. The van der Waals surface area contributed by atoms with Gasteiger partial charge in [0.05, 0.1) is 12.9 Å². The fraction of sp³-hybridized carbons (Fsp3) is 0.541. The molecule has 2 aromatic carbocycles. The number of para-hydroxylation sites is 1. The second kappa shape index (κ2) is 34.2. The van der Waals surface area contributed by atoms with E-state index in [9.17, 15) is 58.2 Å². The molecule has 3 fully saturated rings. The number of amides is 10. The van der Waals surface area contributed by atoms with Crippen LogP contribution in [0.3, 0.4) is 0 Å². The molecule has 17 N–H and O–H groups in total. The molecule has 0 aliphatic carbocycles. The number of nitrogens with one attached hydrogen (secondary N) is 11. The Balaban J connectivity index is 1.08. The first-order valence-corrected chi connectivity index (χ1v) is 32.9. The van der Waals surface area contributed by atoms with Gasteiger partial charge in [0.25, 0.3) is 0 Å². The lowest BCUT2D eigenvalue weighted by Crippen LogP contribution is -2.61. The number of thioether (sulfide) groups is 2. The van der Waals surface area contributed by atoms with Gasteiger partial charge < -0.3 is 84.4 Å². The molecule has 3 aliphatic rings. The molecule has 0 bridgehead atoms. The van der Waals surface area contributed by atoms with Crippen LogP contribution in [0.1, 0.15) is 95.9 Å². The van der Waals surface area contributed by atoms with E-state index in [0.717, 1.165) is 16.4 Å². The zero-order valence-corrected chi connectivity index (χ0v) is 53.2. The Hall–Kier alpha value is -8.38. The largest absolute Gasteiger partial charge is 0.508 e. The predicted octanol–water partition coefficient (Wildman–Crippen LogP) is -0.652. The maximum absolute atomic E-state index is 14.8. The molecule has 4 aromatic rings. The zero-order chi connectivity index (χ0) is 65.7. The summed E-state index contributed by atoms with van der Waals surface area (Å²) >= 11 is 3.56. The van der Waals surface area contributed by atoms with Crippen LogP contribution in [-0.4, -0.2) is 192 Å². The molecule has 91 heavy (non-hydrogen) atoms. The highest BCUT2D eigenvalue weighted by Gasteiger charge is 2.40. The van der Waals surface area contributed by atoms with Gasteiger partial charge in [0.1, 0.15) is 60.1 Å². The van der Waals surface area contributed by atoms with E-state index in [0.29, 0.717) is 41.6 Å². The van der Waals surface area contributed by atoms with Crippen LogP contribution in [0.25, 0.3) is 10.9 Å². The molecule has 30 heteroatoms. The number of phenolic OH excluding ortho intramolecular Hbond substituents is 1. The molecule has 28 nitrogen and oxygen atoms in total. The smallest absolute Gasteiger partial charge is 0.245 e. The minimum absolute atomic E-state index is 0.0402. The van der Waals surface area contributed by atoms with Gasteiger partial charge in [0.15, 0.2) is 5.96 Å². The maximum Gasteiger partial charge on any atom is 0.245 e. The van der Waals surface area contributed by atoms with Crippen LogP contribution >= 0.6 is 23.5 Å². The highest BCUT2D eigenvalue weighted by molar-refractivity contribution is 8.19. The molecule has 0 spiro atoms. The van der Waals surface area contributed by atoms with E-state index in [2.05, 4.69) is 67.8 Å². The number of aliphatic imine (C=N–C) groups is 1. The molecule has 7 rings (SSSR count). The number of fused-ring (bicyclic) bond motifs is 1. The van der Waals surface area contributed by atoms with Crippen molar-refractivity contribution < 1.29 is 58.2 Å². The molecule has 5 heterocycles. The Morgan fingerprint density at radius 3 is 1.92 bits per heavy atom. The van der Waals surface area contributed by atoms with Crippen LogP contribution in [0.15, 0.2) is 72.2 Å². The number of guanidine groups is 1. The number of nitrogens with zero attached hydrogens (tertiary/aromatic N) is 3. The first-order chi connectivity index (χ1) is 43.5. The number of aliphatic hydroxyl groups is 1. The van der Waals surface area contributed by atoms with Gasteiger partial charge in [-0.25, -0.2) is 4.98 Å². The number of H-pyrrole nitrogens is 2. The lowest BCUT2D eigenvalue weighted by atomic mass is 9.98.